The first kappa shape index (κ1) is 12.6. The highest BCUT2D eigenvalue weighted by Gasteiger charge is 2.01. The van der Waals surface area contributed by atoms with Crippen molar-refractivity contribution in [3.63, 3.8) is 0 Å². The fourth-order valence-corrected chi connectivity index (χ4v) is 2.25. The molecule has 0 amide bonds. The average Bonchev–Trinajstić information content (AvgIpc) is 2.32. The van der Waals surface area contributed by atoms with Gasteiger partial charge >= 0.3 is 0 Å². The lowest BCUT2D eigenvalue weighted by molar-refractivity contribution is 0.621. The Morgan fingerprint density at radius 1 is 1.00 bits per heavy atom. The van der Waals surface area contributed by atoms with Crippen molar-refractivity contribution in [2.75, 3.05) is 5.32 Å². The zero-order chi connectivity index (χ0) is 12.3. The number of nitrogens with one attached hydrogen (secondary N) is 1. The van der Waals surface area contributed by atoms with Gasteiger partial charge < -0.3 is 5.32 Å². The normalized spacial score (nSPS) is 10.3. The van der Waals surface area contributed by atoms with E-state index < -0.39 is 0 Å². The van der Waals surface area contributed by atoms with Crippen molar-refractivity contribution >= 4 is 37.5 Å². The summed E-state index contributed by atoms with van der Waals surface area (Å²) in [5, 5.41) is 3.24. The van der Waals surface area contributed by atoms with Crippen molar-refractivity contribution in [3.05, 3.63) is 62.8 Å². The molecule has 2 aromatic rings. The van der Waals surface area contributed by atoms with Crippen LogP contribution < -0.4 is 5.32 Å². The van der Waals surface area contributed by atoms with E-state index in [0.717, 1.165) is 15.7 Å². The molecule has 2 rings (SSSR count). The van der Waals surface area contributed by atoms with Gasteiger partial charge in [-0.1, -0.05) is 34.1 Å². The summed E-state index contributed by atoms with van der Waals surface area (Å²) in [6.45, 7) is 0.694. The van der Waals surface area contributed by atoms with Crippen molar-refractivity contribution in [1.29, 1.82) is 0 Å². The van der Waals surface area contributed by atoms with Crippen LogP contribution in [0.3, 0.4) is 0 Å². The molecule has 0 saturated carbocycles. The van der Waals surface area contributed by atoms with Crippen molar-refractivity contribution in [3.8, 4) is 0 Å². The van der Waals surface area contributed by atoms with Gasteiger partial charge in [-0.3, -0.25) is 0 Å². The van der Waals surface area contributed by atoms with E-state index in [1.165, 1.54) is 6.07 Å². The Hall–Kier alpha value is -0.870. The van der Waals surface area contributed by atoms with Gasteiger partial charge in [-0.15, -0.1) is 0 Å². The van der Waals surface area contributed by atoms with Crippen LogP contribution in [-0.4, -0.2) is 0 Å². The monoisotopic (exact) mass is 357 g/mol. The van der Waals surface area contributed by atoms with E-state index >= 15 is 0 Å². The molecule has 0 aliphatic heterocycles. The van der Waals surface area contributed by atoms with Gasteiger partial charge in [0.2, 0.25) is 0 Å². The van der Waals surface area contributed by atoms with Crippen LogP contribution in [0.25, 0.3) is 0 Å². The molecule has 88 valence electrons. The molecule has 17 heavy (non-hydrogen) atoms. The standard InChI is InChI=1S/C13H10Br2FN/c14-11-4-2-1-3-9(11)8-17-10-5-6-13(16)12(15)7-10/h1-7,17H,8H2. The number of hydrogen-bond acceptors (Lipinski definition) is 1. The number of anilines is 1. The zero-order valence-electron chi connectivity index (χ0n) is 8.88. The van der Waals surface area contributed by atoms with Gasteiger partial charge in [-0.25, -0.2) is 4.39 Å². The van der Waals surface area contributed by atoms with Crippen LogP contribution in [0.1, 0.15) is 5.56 Å². The number of hydrogen-bond donors (Lipinski definition) is 1. The summed E-state index contributed by atoms with van der Waals surface area (Å²) in [7, 11) is 0. The van der Waals surface area contributed by atoms with Gasteiger partial charge in [0.05, 0.1) is 4.47 Å². The summed E-state index contributed by atoms with van der Waals surface area (Å²) in [4.78, 5) is 0. The summed E-state index contributed by atoms with van der Waals surface area (Å²) < 4.78 is 14.6. The first-order valence-corrected chi connectivity index (χ1v) is 6.68. The van der Waals surface area contributed by atoms with Crippen LogP contribution in [0, 0.1) is 5.82 Å². The summed E-state index contributed by atoms with van der Waals surface area (Å²) in [5.74, 6) is -0.253. The van der Waals surface area contributed by atoms with Crippen molar-refractivity contribution < 1.29 is 4.39 Å². The highest BCUT2D eigenvalue weighted by atomic mass is 79.9. The van der Waals surface area contributed by atoms with Crippen LogP contribution in [0.5, 0.6) is 0 Å². The van der Waals surface area contributed by atoms with Gasteiger partial charge in [0, 0.05) is 16.7 Å². The molecule has 1 N–H and O–H groups in total. The fraction of sp³-hybridized carbons (Fsp3) is 0.0769. The minimum atomic E-state index is -0.253. The molecule has 1 nitrogen and oxygen atoms in total. The summed E-state index contributed by atoms with van der Waals surface area (Å²) >= 11 is 6.65. The molecule has 0 radical (unpaired) electrons. The minimum absolute atomic E-state index is 0.253. The van der Waals surface area contributed by atoms with Gasteiger partial charge in [0.1, 0.15) is 5.82 Å². The highest BCUT2D eigenvalue weighted by Crippen LogP contribution is 2.22. The minimum Gasteiger partial charge on any atom is -0.381 e. The molecule has 0 saturated heterocycles. The first-order chi connectivity index (χ1) is 8.16. The third kappa shape index (κ3) is 3.30. The first-order valence-electron chi connectivity index (χ1n) is 5.09. The predicted molar refractivity (Wildman–Crippen MR) is 75.6 cm³/mol. The molecule has 0 unspecified atom stereocenters. The molecular weight excluding hydrogens is 349 g/mol. The van der Waals surface area contributed by atoms with Crippen LogP contribution in [0.15, 0.2) is 51.4 Å². The van der Waals surface area contributed by atoms with Crippen molar-refractivity contribution in [2.24, 2.45) is 0 Å². The van der Waals surface area contributed by atoms with Crippen LogP contribution >= 0.6 is 31.9 Å². The van der Waals surface area contributed by atoms with E-state index in [1.807, 2.05) is 24.3 Å². The van der Waals surface area contributed by atoms with E-state index in [9.17, 15) is 4.39 Å². The van der Waals surface area contributed by atoms with Crippen LogP contribution in [-0.2, 0) is 6.54 Å². The smallest absolute Gasteiger partial charge is 0.137 e. The number of rotatable bonds is 3. The molecule has 0 aliphatic rings. The molecule has 0 spiro atoms. The largest absolute Gasteiger partial charge is 0.381 e. The van der Waals surface area contributed by atoms with Crippen molar-refractivity contribution in [1.82, 2.24) is 0 Å². The SMILES string of the molecule is Fc1ccc(NCc2ccccc2Br)cc1Br. The molecule has 0 aromatic heterocycles. The second-order valence-corrected chi connectivity index (χ2v) is 5.28. The maximum Gasteiger partial charge on any atom is 0.137 e. The van der Waals surface area contributed by atoms with Crippen molar-refractivity contribution in [2.45, 2.75) is 6.54 Å². The Labute approximate surface area is 116 Å². The maximum absolute atomic E-state index is 13.0. The van der Waals surface area contributed by atoms with E-state index in [4.69, 9.17) is 0 Å². The molecule has 0 heterocycles. The lowest BCUT2D eigenvalue weighted by atomic mass is 10.2. The van der Waals surface area contributed by atoms with Gasteiger partial charge in [-0.05, 0) is 45.8 Å². The Morgan fingerprint density at radius 2 is 1.76 bits per heavy atom. The van der Waals surface area contributed by atoms with E-state index in [1.54, 1.807) is 12.1 Å². The Balaban J connectivity index is 2.08. The molecule has 0 aliphatic carbocycles. The van der Waals surface area contributed by atoms with Gasteiger partial charge in [0.15, 0.2) is 0 Å². The lowest BCUT2D eigenvalue weighted by Crippen LogP contribution is -2.00. The molecule has 0 atom stereocenters. The molecule has 2 aromatic carbocycles. The maximum atomic E-state index is 13.0. The van der Waals surface area contributed by atoms with E-state index in [0.29, 0.717) is 11.0 Å². The Kier molecular flexibility index (Phi) is 4.18. The fourth-order valence-electron chi connectivity index (χ4n) is 1.45. The van der Waals surface area contributed by atoms with Crippen LogP contribution in [0.4, 0.5) is 10.1 Å². The average molecular weight is 359 g/mol. The van der Waals surface area contributed by atoms with E-state index in [-0.39, 0.29) is 5.82 Å². The van der Waals surface area contributed by atoms with Crippen LogP contribution in [0.2, 0.25) is 0 Å². The Morgan fingerprint density at radius 3 is 2.47 bits per heavy atom. The highest BCUT2D eigenvalue weighted by molar-refractivity contribution is 9.10. The zero-order valence-corrected chi connectivity index (χ0v) is 12.1. The second-order valence-electron chi connectivity index (χ2n) is 3.57. The Bertz CT molecular complexity index is 529. The summed E-state index contributed by atoms with van der Waals surface area (Å²) in [5.41, 5.74) is 2.04. The molecule has 4 heteroatoms. The molecule has 0 bridgehead atoms. The quantitative estimate of drug-likeness (QED) is 0.817. The third-order valence-electron chi connectivity index (χ3n) is 2.36. The molecule has 0 fully saturated rings. The summed E-state index contributed by atoms with van der Waals surface area (Å²) in [6, 6.07) is 12.9. The third-order valence-corrected chi connectivity index (χ3v) is 3.74. The molecular formula is C13H10Br2FN. The predicted octanol–water partition coefficient (Wildman–Crippen LogP) is 4.96. The van der Waals surface area contributed by atoms with E-state index in [2.05, 4.69) is 37.2 Å². The summed E-state index contributed by atoms with van der Waals surface area (Å²) in [6.07, 6.45) is 0. The van der Waals surface area contributed by atoms with Gasteiger partial charge in [0.25, 0.3) is 0 Å². The second kappa shape index (κ2) is 5.65. The number of halogens is 3. The topological polar surface area (TPSA) is 12.0 Å². The lowest BCUT2D eigenvalue weighted by Gasteiger charge is -2.08. The number of benzene rings is 2. The van der Waals surface area contributed by atoms with Gasteiger partial charge in [-0.2, -0.15) is 0 Å².